The largest absolute Gasteiger partial charge is 0.497 e. The summed E-state index contributed by atoms with van der Waals surface area (Å²) in [7, 11) is 1.66. The quantitative estimate of drug-likeness (QED) is 0.487. The van der Waals surface area contributed by atoms with Gasteiger partial charge in [-0.2, -0.15) is 0 Å². The van der Waals surface area contributed by atoms with E-state index in [1.807, 2.05) is 36.4 Å². The van der Waals surface area contributed by atoms with Gasteiger partial charge in [0.25, 0.3) is 0 Å². The summed E-state index contributed by atoms with van der Waals surface area (Å²) in [5, 5.41) is 3.17. The molecule has 0 spiro atoms. The zero-order valence-electron chi connectivity index (χ0n) is 21.1. The second kappa shape index (κ2) is 11.2. The Kier molecular flexibility index (Phi) is 7.85. The maximum absolute atomic E-state index is 13.2. The van der Waals surface area contributed by atoms with Gasteiger partial charge in [-0.05, 0) is 81.6 Å². The number of benzene rings is 2. The maximum atomic E-state index is 13.2. The van der Waals surface area contributed by atoms with E-state index in [9.17, 15) is 4.79 Å². The summed E-state index contributed by atoms with van der Waals surface area (Å²) in [6.45, 7) is 9.80. The minimum Gasteiger partial charge on any atom is -0.497 e. The van der Waals surface area contributed by atoms with Crippen LogP contribution in [0.5, 0.6) is 5.75 Å². The van der Waals surface area contributed by atoms with Crippen molar-refractivity contribution in [1.29, 1.82) is 0 Å². The minimum absolute atomic E-state index is 0.0674. The lowest BCUT2D eigenvalue weighted by atomic mass is 9.96. The molecule has 1 fully saturated rings. The zero-order valence-corrected chi connectivity index (χ0v) is 21.1. The molecule has 1 aliphatic rings. The van der Waals surface area contributed by atoms with Gasteiger partial charge in [0.05, 0.1) is 18.7 Å². The van der Waals surface area contributed by atoms with Gasteiger partial charge >= 0.3 is 0 Å². The normalized spacial score (nSPS) is 15.5. The summed E-state index contributed by atoms with van der Waals surface area (Å²) in [5.41, 5.74) is 5.01. The number of rotatable bonds is 8. The van der Waals surface area contributed by atoms with E-state index >= 15 is 0 Å². The van der Waals surface area contributed by atoms with Crippen LogP contribution in [-0.4, -0.2) is 49.2 Å². The molecular weight excluding hydrogens is 438 g/mol. The predicted molar refractivity (Wildman–Crippen MR) is 142 cm³/mol. The number of carbonyl (C=O) groups is 1. The van der Waals surface area contributed by atoms with Crippen LogP contribution in [0, 0.1) is 12.8 Å². The number of piperidine rings is 1. The number of aromatic nitrogens is 2. The van der Waals surface area contributed by atoms with E-state index in [0.29, 0.717) is 6.54 Å². The highest BCUT2D eigenvalue weighted by atomic mass is 16.5. The number of hydrogen-bond donors (Lipinski definition) is 1. The van der Waals surface area contributed by atoms with E-state index in [-0.39, 0.29) is 11.8 Å². The Morgan fingerprint density at radius 1 is 1.11 bits per heavy atom. The second-order valence-electron chi connectivity index (χ2n) is 8.94. The van der Waals surface area contributed by atoms with E-state index < -0.39 is 0 Å². The molecule has 0 bridgehead atoms. The maximum Gasteiger partial charge on any atom is 0.229 e. The van der Waals surface area contributed by atoms with E-state index in [1.165, 1.54) is 5.69 Å². The van der Waals surface area contributed by atoms with Crippen LogP contribution < -0.4 is 19.9 Å². The highest BCUT2D eigenvalue weighted by Gasteiger charge is 2.27. The lowest BCUT2D eigenvalue weighted by Gasteiger charge is -2.33. The third kappa shape index (κ3) is 5.73. The SMILES string of the molecule is CCN(CC)c1ccc(NC(=O)C2CCCN(c3cc(-c4ccc(OC)cc4)ncn3)C2)c(C)c1. The average molecular weight is 474 g/mol. The first kappa shape index (κ1) is 24.5. The first-order valence-corrected chi connectivity index (χ1v) is 12.4. The summed E-state index contributed by atoms with van der Waals surface area (Å²) in [5.74, 6) is 1.64. The summed E-state index contributed by atoms with van der Waals surface area (Å²) >= 11 is 0. The van der Waals surface area contributed by atoms with Crippen molar-refractivity contribution in [1.82, 2.24) is 9.97 Å². The first-order valence-electron chi connectivity index (χ1n) is 12.4. The van der Waals surface area contributed by atoms with Crippen LogP contribution in [-0.2, 0) is 4.79 Å². The van der Waals surface area contributed by atoms with Crippen molar-refractivity contribution in [3.05, 3.63) is 60.4 Å². The molecule has 7 nitrogen and oxygen atoms in total. The van der Waals surface area contributed by atoms with Crippen LogP contribution in [0.4, 0.5) is 17.2 Å². The lowest BCUT2D eigenvalue weighted by Crippen LogP contribution is -2.41. The fraction of sp³-hybridized carbons (Fsp3) is 0.393. The molecule has 1 atom stereocenters. The minimum atomic E-state index is -0.0926. The van der Waals surface area contributed by atoms with Crippen molar-refractivity contribution in [3.63, 3.8) is 0 Å². The Hall–Kier alpha value is -3.61. The Morgan fingerprint density at radius 2 is 1.89 bits per heavy atom. The molecule has 0 aliphatic carbocycles. The fourth-order valence-electron chi connectivity index (χ4n) is 4.65. The lowest BCUT2D eigenvalue weighted by molar-refractivity contribution is -0.120. The van der Waals surface area contributed by atoms with Gasteiger partial charge in [-0.3, -0.25) is 4.79 Å². The summed E-state index contributed by atoms with van der Waals surface area (Å²) < 4.78 is 5.25. The van der Waals surface area contributed by atoms with Gasteiger partial charge in [0.2, 0.25) is 5.91 Å². The smallest absolute Gasteiger partial charge is 0.229 e. The molecule has 1 N–H and O–H groups in total. The highest BCUT2D eigenvalue weighted by molar-refractivity contribution is 5.94. The predicted octanol–water partition coefficient (Wildman–Crippen LogP) is 5.16. The van der Waals surface area contributed by atoms with Gasteiger partial charge in [-0.25, -0.2) is 9.97 Å². The van der Waals surface area contributed by atoms with Crippen molar-refractivity contribution in [2.75, 3.05) is 48.4 Å². The van der Waals surface area contributed by atoms with Gasteiger partial charge in [-0.1, -0.05) is 0 Å². The third-order valence-corrected chi connectivity index (χ3v) is 6.75. The van der Waals surface area contributed by atoms with E-state index in [2.05, 4.69) is 58.0 Å². The number of anilines is 3. The molecule has 4 rings (SSSR count). The van der Waals surface area contributed by atoms with Crippen molar-refractivity contribution in [2.45, 2.75) is 33.6 Å². The summed E-state index contributed by atoms with van der Waals surface area (Å²) in [4.78, 5) is 26.6. The molecule has 2 heterocycles. The molecule has 35 heavy (non-hydrogen) atoms. The van der Waals surface area contributed by atoms with Gasteiger partial charge in [0, 0.05) is 49.2 Å². The number of carbonyl (C=O) groups excluding carboxylic acids is 1. The standard InChI is InChI=1S/C28H35N5O2/c1-5-32(6-2)23-11-14-25(20(3)16-23)31-28(34)22-8-7-15-33(18-22)27-17-26(29-19-30-27)21-9-12-24(35-4)13-10-21/h9-14,16-17,19,22H,5-8,15,18H2,1-4H3,(H,31,34). The van der Waals surface area contributed by atoms with Gasteiger partial charge in [0.1, 0.15) is 17.9 Å². The van der Waals surface area contributed by atoms with Crippen molar-refractivity contribution in [3.8, 4) is 17.0 Å². The molecule has 2 aromatic carbocycles. The van der Waals surface area contributed by atoms with E-state index in [4.69, 9.17) is 4.74 Å². The number of nitrogens with zero attached hydrogens (tertiary/aromatic N) is 4. The van der Waals surface area contributed by atoms with Gasteiger partial charge < -0.3 is 19.9 Å². The Bertz CT molecular complexity index is 1140. The molecule has 1 aliphatic heterocycles. The van der Waals surface area contributed by atoms with E-state index in [0.717, 1.165) is 66.6 Å². The van der Waals surface area contributed by atoms with E-state index in [1.54, 1.807) is 13.4 Å². The Morgan fingerprint density at radius 3 is 2.57 bits per heavy atom. The molecule has 7 heteroatoms. The summed E-state index contributed by atoms with van der Waals surface area (Å²) in [6, 6.07) is 16.1. The van der Waals surface area contributed by atoms with Crippen LogP contribution in [0.1, 0.15) is 32.3 Å². The van der Waals surface area contributed by atoms with Crippen LogP contribution in [0.2, 0.25) is 0 Å². The van der Waals surface area contributed by atoms with Gasteiger partial charge in [0.15, 0.2) is 0 Å². The van der Waals surface area contributed by atoms with Crippen molar-refractivity contribution in [2.24, 2.45) is 5.92 Å². The van der Waals surface area contributed by atoms with Gasteiger partial charge in [-0.15, -0.1) is 0 Å². The number of aryl methyl sites for hydroxylation is 1. The molecule has 1 amide bonds. The van der Waals surface area contributed by atoms with Crippen molar-refractivity contribution < 1.29 is 9.53 Å². The third-order valence-electron chi connectivity index (χ3n) is 6.75. The molecular formula is C28H35N5O2. The average Bonchev–Trinajstić information content (AvgIpc) is 2.91. The van der Waals surface area contributed by atoms with Crippen LogP contribution >= 0.6 is 0 Å². The van der Waals surface area contributed by atoms with Crippen LogP contribution in [0.3, 0.4) is 0 Å². The molecule has 0 radical (unpaired) electrons. The first-order chi connectivity index (χ1) is 17.0. The Balaban J connectivity index is 1.44. The van der Waals surface area contributed by atoms with Crippen molar-refractivity contribution >= 4 is 23.1 Å². The number of hydrogen-bond acceptors (Lipinski definition) is 6. The van der Waals surface area contributed by atoms with Crippen LogP contribution in [0.25, 0.3) is 11.3 Å². The molecule has 1 unspecified atom stereocenters. The monoisotopic (exact) mass is 473 g/mol. The molecule has 1 saturated heterocycles. The summed E-state index contributed by atoms with van der Waals surface area (Å²) in [6.07, 6.45) is 3.41. The number of methoxy groups -OCH3 is 1. The fourth-order valence-corrected chi connectivity index (χ4v) is 4.65. The highest BCUT2D eigenvalue weighted by Crippen LogP contribution is 2.28. The number of ether oxygens (including phenoxy) is 1. The van der Waals surface area contributed by atoms with Crippen LogP contribution in [0.15, 0.2) is 54.9 Å². The molecule has 1 aromatic heterocycles. The number of nitrogens with one attached hydrogen (secondary N) is 1. The zero-order chi connectivity index (χ0) is 24.8. The molecule has 0 saturated carbocycles. The number of amides is 1. The topological polar surface area (TPSA) is 70.6 Å². The molecule has 3 aromatic rings. The molecule has 184 valence electrons. The second-order valence-corrected chi connectivity index (χ2v) is 8.94. The Labute approximate surface area is 208 Å².